The van der Waals surface area contributed by atoms with Gasteiger partial charge in [-0.05, 0) is 30.9 Å². The van der Waals surface area contributed by atoms with E-state index in [1.165, 1.54) is 5.56 Å². The van der Waals surface area contributed by atoms with Crippen LogP contribution in [-0.2, 0) is 6.42 Å². The molecule has 0 bridgehead atoms. The van der Waals surface area contributed by atoms with Gasteiger partial charge in [0.25, 0.3) is 0 Å². The van der Waals surface area contributed by atoms with E-state index in [4.69, 9.17) is 5.11 Å². The quantitative estimate of drug-likeness (QED) is 0.736. The van der Waals surface area contributed by atoms with Crippen molar-refractivity contribution >= 4 is 6.03 Å². The van der Waals surface area contributed by atoms with Crippen molar-refractivity contribution in [1.82, 2.24) is 10.6 Å². The second-order valence-electron chi connectivity index (χ2n) is 5.69. The number of aliphatic hydroxyl groups is 1. The van der Waals surface area contributed by atoms with E-state index in [2.05, 4.69) is 22.8 Å². The number of amides is 2. The largest absolute Gasteiger partial charge is 0.394 e. The van der Waals surface area contributed by atoms with E-state index in [1.54, 1.807) is 6.92 Å². The number of carbonyl (C=O) groups is 1. The summed E-state index contributed by atoms with van der Waals surface area (Å²) >= 11 is 0. The third-order valence-electron chi connectivity index (χ3n) is 3.72. The molecule has 0 saturated carbocycles. The van der Waals surface area contributed by atoms with Crippen LogP contribution in [0.3, 0.4) is 0 Å². The highest BCUT2D eigenvalue weighted by molar-refractivity contribution is 5.74. The fourth-order valence-electron chi connectivity index (χ4n) is 2.43. The van der Waals surface area contributed by atoms with Crippen LogP contribution in [0, 0.1) is 0 Å². The number of rotatable bonds is 7. The Bertz CT molecular complexity index is 587. The van der Waals surface area contributed by atoms with Crippen LogP contribution in [0.25, 0.3) is 0 Å². The lowest BCUT2D eigenvalue weighted by Crippen LogP contribution is -2.43. The molecule has 2 aromatic rings. The van der Waals surface area contributed by atoms with E-state index in [0.717, 1.165) is 18.4 Å². The first-order chi connectivity index (χ1) is 11.2. The average Bonchev–Trinajstić information content (AvgIpc) is 2.60. The predicted molar refractivity (Wildman–Crippen MR) is 92.2 cm³/mol. The van der Waals surface area contributed by atoms with Crippen LogP contribution in [0.5, 0.6) is 0 Å². The second kappa shape index (κ2) is 8.96. The number of benzene rings is 2. The van der Waals surface area contributed by atoms with Gasteiger partial charge in [0.05, 0.1) is 18.7 Å². The SMILES string of the molecule is C[C@@H](CO)NC(=O)NC(CCc1ccccc1)c1ccccc1. The summed E-state index contributed by atoms with van der Waals surface area (Å²) in [7, 11) is 0. The Morgan fingerprint density at radius 2 is 1.61 bits per heavy atom. The van der Waals surface area contributed by atoms with Crippen molar-refractivity contribution < 1.29 is 9.90 Å². The van der Waals surface area contributed by atoms with E-state index in [-0.39, 0.29) is 24.7 Å². The fourth-order valence-corrected chi connectivity index (χ4v) is 2.43. The second-order valence-corrected chi connectivity index (χ2v) is 5.69. The number of aryl methyl sites for hydroxylation is 1. The van der Waals surface area contributed by atoms with Crippen molar-refractivity contribution in [1.29, 1.82) is 0 Å². The summed E-state index contributed by atoms with van der Waals surface area (Å²) in [5.41, 5.74) is 2.33. The van der Waals surface area contributed by atoms with Crippen LogP contribution in [0.4, 0.5) is 4.79 Å². The molecule has 3 N–H and O–H groups in total. The molecule has 122 valence electrons. The normalized spacial score (nSPS) is 13.1. The zero-order chi connectivity index (χ0) is 16.5. The predicted octanol–water partition coefficient (Wildman–Crippen LogP) is 3.04. The molecule has 0 spiro atoms. The van der Waals surface area contributed by atoms with E-state index in [1.807, 2.05) is 48.5 Å². The highest BCUT2D eigenvalue weighted by Crippen LogP contribution is 2.19. The highest BCUT2D eigenvalue weighted by Gasteiger charge is 2.15. The van der Waals surface area contributed by atoms with Gasteiger partial charge in [-0.2, -0.15) is 0 Å². The molecule has 1 unspecified atom stereocenters. The van der Waals surface area contributed by atoms with Gasteiger partial charge < -0.3 is 15.7 Å². The fraction of sp³-hybridized carbons (Fsp3) is 0.316. The Morgan fingerprint density at radius 1 is 1.00 bits per heavy atom. The van der Waals surface area contributed by atoms with Gasteiger partial charge in [0.2, 0.25) is 0 Å². The Labute approximate surface area is 137 Å². The summed E-state index contributed by atoms with van der Waals surface area (Å²) in [6.07, 6.45) is 1.70. The smallest absolute Gasteiger partial charge is 0.315 e. The third kappa shape index (κ3) is 5.75. The van der Waals surface area contributed by atoms with Crippen molar-refractivity contribution in [2.24, 2.45) is 0 Å². The van der Waals surface area contributed by atoms with Crippen LogP contribution in [0.1, 0.15) is 30.5 Å². The maximum atomic E-state index is 12.1. The monoisotopic (exact) mass is 312 g/mol. The summed E-state index contributed by atoms with van der Waals surface area (Å²) in [5, 5.41) is 14.8. The molecule has 0 heterocycles. The van der Waals surface area contributed by atoms with Gasteiger partial charge in [-0.15, -0.1) is 0 Å². The molecule has 0 radical (unpaired) electrons. The topological polar surface area (TPSA) is 61.4 Å². The van der Waals surface area contributed by atoms with Gasteiger partial charge in [-0.1, -0.05) is 60.7 Å². The van der Waals surface area contributed by atoms with Crippen molar-refractivity contribution in [3.05, 3.63) is 71.8 Å². The number of nitrogens with one attached hydrogen (secondary N) is 2. The molecule has 2 aromatic carbocycles. The third-order valence-corrected chi connectivity index (χ3v) is 3.72. The lowest BCUT2D eigenvalue weighted by Gasteiger charge is -2.21. The maximum absolute atomic E-state index is 12.1. The first-order valence-electron chi connectivity index (χ1n) is 7.96. The Balaban J connectivity index is 2.02. The Hall–Kier alpha value is -2.33. The zero-order valence-electron chi connectivity index (χ0n) is 13.4. The summed E-state index contributed by atoms with van der Waals surface area (Å²) in [6.45, 7) is 1.69. The molecule has 2 rings (SSSR count). The van der Waals surface area contributed by atoms with Crippen molar-refractivity contribution in [3.63, 3.8) is 0 Å². The minimum absolute atomic E-state index is 0.0673. The molecule has 0 saturated heterocycles. The molecule has 0 aliphatic rings. The van der Waals surface area contributed by atoms with Crippen LogP contribution in [0.2, 0.25) is 0 Å². The van der Waals surface area contributed by atoms with Gasteiger partial charge in [0.1, 0.15) is 0 Å². The summed E-state index contributed by atoms with van der Waals surface area (Å²) in [5.74, 6) is 0. The van der Waals surface area contributed by atoms with Crippen molar-refractivity contribution in [2.75, 3.05) is 6.61 Å². The molecule has 4 nitrogen and oxygen atoms in total. The van der Waals surface area contributed by atoms with Crippen LogP contribution in [0.15, 0.2) is 60.7 Å². The average molecular weight is 312 g/mol. The van der Waals surface area contributed by atoms with E-state index in [9.17, 15) is 4.79 Å². The molecule has 0 aliphatic heterocycles. The first kappa shape index (κ1) is 17.0. The highest BCUT2D eigenvalue weighted by atomic mass is 16.3. The molecule has 2 atom stereocenters. The van der Waals surface area contributed by atoms with Gasteiger partial charge in [-0.3, -0.25) is 0 Å². The molecule has 0 fully saturated rings. The number of hydrogen-bond acceptors (Lipinski definition) is 2. The van der Waals surface area contributed by atoms with Gasteiger partial charge >= 0.3 is 6.03 Å². The lowest BCUT2D eigenvalue weighted by atomic mass is 9.99. The number of hydrogen-bond donors (Lipinski definition) is 3. The molecule has 0 aliphatic carbocycles. The number of carbonyl (C=O) groups excluding carboxylic acids is 1. The van der Waals surface area contributed by atoms with Gasteiger partial charge in [0, 0.05) is 0 Å². The standard InChI is InChI=1S/C19H24N2O2/c1-15(14-22)20-19(23)21-18(17-10-6-3-7-11-17)13-12-16-8-4-2-5-9-16/h2-11,15,18,22H,12-14H2,1H3,(H2,20,21,23)/t15-,18?/m0/s1. The van der Waals surface area contributed by atoms with Gasteiger partial charge in [0.15, 0.2) is 0 Å². The minimum atomic E-state index is -0.263. The Morgan fingerprint density at radius 3 is 2.22 bits per heavy atom. The summed E-state index contributed by atoms with van der Waals surface area (Å²) in [6, 6.07) is 19.6. The minimum Gasteiger partial charge on any atom is -0.394 e. The van der Waals surface area contributed by atoms with Crippen LogP contribution in [-0.4, -0.2) is 23.8 Å². The number of aliphatic hydroxyl groups excluding tert-OH is 1. The van der Waals surface area contributed by atoms with Crippen molar-refractivity contribution in [2.45, 2.75) is 31.8 Å². The lowest BCUT2D eigenvalue weighted by molar-refractivity contribution is 0.217. The van der Waals surface area contributed by atoms with Crippen molar-refractivity contribution in [3.8, 4) is 0 Å². The van der Waals surface area contributed by atoms with Gasteiger partial charge in [-0.25, -0.2) is 4.79 Å². The van der Waals surface area contributed by atoms with E-state index in [0.29, 0.717) is 0 Å². The molecule has 0 aromatic heterocycles. The summed E-state index contributed by atoms with van der Waals surface area (Å²) < 4.78 is 0. The number of urea groups is 1. The van der Waals surface area contributed by atoms with E-state index < -0.39 is 0 Å². The van der Waals surface area contributed by atoms with E-state index >= 15 is 0 Å². The van der Waals surface area contributed by atoms with Crippen LogP contribution < -0.4 is 10.6 Å². The zero-order valence-corrected chi connectivity index (χ0v) is 13.4. The Kier molecular flexibility index (Phi) is 6.63. The molecular formula is C19H24N2O2. The molecular weight excluding hydrogens is 288 g/mol. The van der Waals surface area contributed by atoms with Crippen LogP contribution >= 0.6 is 0 Å². The molecule has 23 heavy (non-hydrogen) atoms. The first-order valence-corrected chi connectivity index (χ1v) is 7.96. The molecule has 4 heteroatoms. The molecule has 2 amide bonds. The summed E-state index contributed by atoms with van der Waals surface area (Å²) in [4.78, 5) is 12.1. The maximum Gasteiger partial charge on any atom is 0.315 e.